The van der Waals surface area contributed by atoms with Gasteiger partial charge < -0.3 is 15.4 Å². The Labute approximate surface area is 152 Å². The number of nitrogens with one attached hydrogen (secondary N) is 2. The Hall–Kier alpha value is -3.09. The Kier molecular flexibility index (Phi) is 6.96. The summed E-state index contributed by atoms with van der Waals surface area (Å²) in [5.41, 5.74) is 2.98. The van der Waals surface area contributed by atoms with Crippen LogP contribution in [0.2, 0.25) is 0 Å². The van der Waals surface area contributed by atoms with E-state index in [0.29, 0.717) is 19.7 Å². The Bertz CT molecular complexity index is 760. The third-order valence-electron chi connectivity index (χ3n) is 3.78. The molecule has 0 aromatic heterocycles. The molecule has 0 saturated carbocycles. The van der Waals surface area contributed by atoms with Gasteiger partial charge in [0.25, 0.3) is 5.69 Å². The molecule has 0 unspecified atom stereocenters. The highest BCUT2D eigenvalue weighted by molar-refractivity contribution is 5.76. The lowest BCUT2D eigenvalue weighted by atomic mass is 10.1. The molecule has 138 valence electrons. The molecule has 0 heterocycles. The number of hydrogen-bond donors (Lipinski definition) is 2. The Balaban J connectivity index is 1.63. The lowest BCUT2D eigenvalue weighted by molar-refractivity contribution is -0.384. The van der Waals surface area contributed by atoms with Crippen LogP contribution in [0.5, 0.6) is 5.75 Å². The summed E-state index contributed by atoms with van der Waals surface area (Å²) in [4.78, 5) is 22.0. The zero-order chi connectivity index (χ0) is 18.9. The number of carbonyl (C=O) groups excluding carboxylic acids is 1. The maximum atomic E-state index is 11.8. The zero-order valence-electron chi connectivity index (χ0n) is 15.0. The lowest BCUT2D eigenvalue weighted by Gasteiger charge is -2.11. The number of anilines is 1. The van der Waals surface area contributed by atoms with Gasteiger partial charge in [-0.3, -0.25) is 14.9 Å². The fourth-order valence-electron chi connectivity index (χ4n) is 2.31. The zero-order valence-corrected chi connectivity index (χ0v) is 15.0. The lowest BCUT2D eigenvalue weighted by Crippen LogP contribution is -2.29. The Morgan fingerprint density at radius 1 is 1.12 bits per heavy atom. The quantitative estimate of drug-likeness (QED) is 0.408. The van der Waals surface area contributed by atoms with Crippen LogP contribution in [0.15, 0.2) is 42.5 Å². The summed E-state index contributed by atoms with van der Waals surface area (Å²) in [6, 6.07) is 12.1. The molecule has 26 heavy (non-hydrogen) atoms. The summed E-state index contributed by atoms with van der Waals surface area (Å²) in [6.07, 6.45) is 0.283. The second kappa shape index (κ2) is 9.41. The van der Waals surface area contributed by atoms with Crippen LogP contribution in [-0.2, 0) is 4.79 Å². The number of rotatable bonds is 9. The van der Waals surface area contributed by atoms with E-state index in [-0.39, 0.29) is 18.0 Å². The van der Waals surface area contributed by atoms with Crippen molar-refractivity contribution < 1.29 is 14.5 Å². The molecule has 0 spiro atoms. The highest BCUT2D eigenvalue weighted by atomic mass is 16.6. The van der Waals surface area contributed by atoms with E-state index in [2.05, 4.69) is 10.6 Å². The fraction of sp³-hybridized carbons (Fsp3) is 0.316. The Morgan fingerprint density at radius 3 is 2.54 bits per heavy atom. The Morgan fingerprint density at radius 2 is 1.85 bits per heavy atom. The van der Waals surface area contributed by atoms with Crippen LogP contribution in [-0.4, -0.2) is 30.5 Å². The number of benzene rings is 2. The first-order valence-corrected chi connectivity index (χ1v) is 8.41. The molecular weight excluding hydrogens is 334 g/mol. The third kappa shape index (κ3) is 6.08. The summed E-state index contributed by atoms with van der Waals surface area (Å²) in [6.45, 7) is 5.28. The summed E-state index contributed by atoms with van der Waals surface area (Å²) >= 11 is 0. The van der Waals surface area contributed by atoms with E-state index in [4.69, 9.17) is 4.74 Å². The molecule has 0 bridgehead atoms. The molecule has 0 radical (unpaired) electrons. The summed E-state index contributed by atoms with van der Waals surface area (Å²) in [5, 5.41) is 16.5. The summed E-state index contributed by atoms with van der Waals surface area (Å²) in [5.74, 6) is 0.721. The molecule has 0 fully saturated rings. The van der Waals surface area contributed by atoms with Gasteiger partial charge in [-0.1, -0.05) is 12.1 Å². The van der Waals surface area contributed by atoms with E-state index in [1.54, 1.807) is 12.1 Å². The van der Waals surface area contributed by atoms with Gasteiger partial charge in [-0.05, 0) is 43.2 Å². The molecule has 0 atom stereocenters. The minimum absolute atomic E-state index is 0.0488. The van der Waals surface area contributed by atoms with Gasteiger partial charge in [0.2, 0.25) is 5.91 Å². The molecule has 0 aliphatic carbocycles. The average molecular weight is 357 g/mol. The van der Waals surface area contributed by atoms with Crippen LogP contribution in [0.3, 0.4) is 0 Å². The molecule has 0 aliphatic rings. The van der Waals surface area contributed by atoms with Gasteiger partial charge in [0.15, 0.2) is 0 Å². The molecule has 2 aromatic rings. The standard InChI is InChI=1S/C19H23N3O4/c1-14-3-4-15(2)18(13-14)26-12-9-19(23)21-11-10-20-16-5-7-17(8-6-16)22(24)25/h3-8,13,20H,9-12H2,1-2H3,(H,21,23). The fourth-order valence-corrected chi connectivity index (χ4v) is 2.31. The van der Waals surface area contributed by atoms with E-state index in [1.807, 2.05) is 32.0 Å². The van der Waals surface area contributed by atoms with Crippen molar-refractivity contribution in [3.8, 4) is 5.75 Å². The van der Waals surface area contributed by atoms with Crippen LogP contribution in [0.4, 0.5) is 11.4 Å². The van der Waals surface area contributed by atoms with Gasteiger partial charge in [0.1, 0.15) is 5.75 Å². The molecule has 0 saturated heterocycles. The molecule has 0 aliphatic heterocycles. The number of aryl methyl sites for hydroxylation is 2. The predicted octanol–water partition coefficient (Wildman–Crippen LogP) is 3.21. The number of nitrogens with zero attached hydrogens (tertiary/aromatic N) is 1. The summed E-state index contributed by atoms with van der Waals surface area (Å²) in [7, 11) is 0. The number of non-ortho nitro benzene ring substituents is 1. The second-order valence-electron chi connectivity index (χ2n) is 5.95. The number of nitro benzene ring substituents is 1. The summed E-state index contributed by atoms with van der Waals surface area (Å²) < 4.78 is 5.66. The molecule has 2 N–H and O–H groups in total. The normalized spacial score (nSPS) is 10.2. The van der Waals surface area contributed by atoms with Gasteiger partial charge in [-0.25, -0.2) is 0 Å². The molecular formula is C19H23N3O4. The molecule has 2 aromatic carbocycles. The first-order valence-electron chi connectivity index (χ1n) is 8.41. The van der Waals surface area contributed by atoms with Crippen LogP contribution >= 0.6 is 0 Å². The highest BCUT2D eigenvalue weighted by Gasteiger charge is 2.05. The van der Waals surface area contributed by atoms with Crippen molar-refractivity contribution in [3.63, 3.8) is 0 Å². The van der Waals surface area contributed by atoms with Crippen molar-refractivity contribution in [2.45, 2.75) is 20.3 Å². The van der Waals surface area contributed by atoms with Crippen molar-refractivity contribution >= 4 is 17.3 Å². The number of nitro groups is 1. The minimum atomic E-state index is -0.440. The van der Waals surface area contributed by atoms with E-state index in [1.165, 1.54) is 12.1 Å². The molecule has 1 amide bonds. The van der Waals surface area contributed by atoms with Crippen LogP contribution in [0.25, 0.3) is 0 Å². The number of carbonyl (C=O) groups is 1. The smallest absolute Gasteiger partial charge is 0.269 e. The van der Waals surface area contributed by atoms with Gasteiger partial charge in [-0.2, -0.15) is 0 Å². The van der Waals surface area contributed by atoms with Gasteiger partial charge in [0, 0.05) is 30.9 Å². The van der Waals surface area contributed by atoms with E-state index < -0.39 is 4.92 Å². The maximum absolute atomic E-state index is 11.8. The first kappa shape index (κ1) is 19.2. The predicted molar refractivity (Wildman–Crippen MR) is 101 cm³/mol. The van der Waals surface area contributed by atoms with Gasteiger partial charge in [-0.15, -0.1) is 0 Å². The van der Waals surface area contributed by atoms with Gasteiger partial charge >= 0.3 is 0 Å². The maximum Gasteiger partial charge on any atom is 0.269 e. The van der Waals surface area contributed by atoms with E-state index in [9.17, 15) is 14.9 Å². The number of amides is 1. The SMILES string of the molecule is Cc1ccc(C)c(OCCC(=O)NCCNc2ccc([N+](=O)[O-])cc2)c1. The monoisotopic (exact) mass is 357 g/mol. The molecule has 7 nitrogen and oxygen atoms in total. The van der Waals surface area contributed by atoms with E-state index >= 15 is 0 Å². The minimum Gasteiger partial charge on any atom is -0.493 e. The second-order valence-corrected chi connectivity index (χ2v) is 5.95. The van der Waals surface area contributed by atoms with Crippen LogP contribution < -0.4 is 15.4 Å². The first-order chi connectivity index (χ1) is 12.5. The third-order valence-corrected chi connectivity index (χ3v) is 3.78. The molecule has 7 heteroatoms. The van der Waals surface area contributed by atoms with Crippen molar-refractivity contribution in [3.05, 3.63) is 63.7 Å². The number of ether oxygens (including phenoxy) is 1. The van der Waals surface area contributed by atoms with Crippen LogP contribution in [0, 0.1) is 24.0 Å². The van der Waals surface area contributed by atoms with Crippen LogP contribution in [0.1, 0.15) is 17.5 Å². The average Bonchev–Trinajstić information content (AvgIpc) is 2.62. The number of hydrogen-bond acceptors (Lipinski definition) is 5. The van der Waals surface area contributed by atoms with Crippen molar-refractivity contribution in [1.82, 2.24) is 5.32 Å². The van der Waals surface area contributed by atoms with Crippen molar-refractivity contribution in [1.29, 1.82) is 0 Å². The topological polar surface area (TPSA) is 93.5 Å². The van der Waals surface area contributed by atoms with Crippen molar-refractivity contribution in [2.24, 2.45) is 0 Å². The van der Waals surface area contributed by atoms with Gasteiger partial charge in [0.05, 0.1) is 18.0 Å². The van der Waals surface area contributed by atoms with E-state index in [0.717, 1.165) is 22.6 Å². The highest BCUT2D eigenvalue weighted by Crippen LogP contribution is 2.19. The largest absolute Gasteiger partial charge is 0.493 e. The molecule has 2 rings (SSSR count). The van der Waals surface area contributed by atoms with Crippen molar-refractivity contribution in [2.75, 3.05) is 25.0 Å².